The van der Waals surface area contributed by atoms with E-state index in [9.17, 15) is 0 Å². The Morgan fingerprint density at radius 2 is 1.57 bits per heavy atom. The van der Waals surface area contributed by atoms with E-state index in [1.54, 1.807) is 0 Å². The summed E-state index contributed by atoms with van der Waals surface area (Å²) in [4.78, 5) is 0. The SMILES string of the molecule is Cc1cccc(C)c1OC(C)CNc1cccc(OCCc2ccccc2)c1. The first-order valence-electron chi connectivity index (χ1n) is 9.85. The van der Waals surface area contributed by atoms with E-state index in [-0.39, 0.29) is 6.10 Å². The molecule has 0 saturated heterocycles. The standard InChI is InChI=1S/C25H29NO2/c1-19-9-7-10-20(2)25(19)28-21(3)18-26-23-13-8-14-24(17-23)27-16-15-22-11-5-4-6-12-22/h4-14,17,21,26H,15-16,18H2,1-3H3. The zero-order valence-electron chi connectivity index (χ0n) is 16.9. The van der Waals surface area contributed by atoms with Gasteiger partial charge < -0.3 is 14.8 Å². The summed E-state index contributed by atoms with van der Waals surface area (Å²) < 4.78 is 12.1. The molecule has 0 saturated carbocycles. The van der Waals surface area contributed by atoms with Gasteiger partial charge in [-0.3, -0.25) is 0 Å². The zero-order valence-corrected chi connectivity index (χ0v) is 16.9. The summed E-state index contributed by atoms with van der Waals surface area (Å²) in [6, 6.07) is 24.7. The molecular weight excluding hydrogens is 346 g/mol. The first-order valence-corrected chi connectivity index (χ1v) is 9.85. The van der Waals surface area contributed by atoms with Gasteiger partial charge in [0.05, 0.1) is 13.2 Å². The van der Waals surface area contributed by atoms with Crippen molar-refractivity contribution in [2.45, 2.75) is 33.3 Å². The van der Waals surface area contributed by atoms with Crippen molar-refractivity contribution in [2.24, 2.45) is 0 Å². The van der Waals surface area contributed by atoms with Crippen LogP contribution in [0.2, 0.25) is 0 Å². The van der Waals surface area contributed by atoms with Crippen molar-refractivity contribution < 1.29 is 9.47 Å². The van der Waals surface area contributed by atoms with Gasteiger partial charge >= 0.3 is 0 Å². The molecule has 0 bridgehead atoms. The molecule has 0 radical (unpaired) electrons. The van der Waals surface area contributed by atoms with Crippen LogP contribution >= 0.6 is 0 Å². The summed E-state index contributed by atoms with van der Waals surface area (Å²) in [6.45, 7) is 7.64. The number of anilines is 1. The van der Waals surface area contributed by atoms with Crippen molar-refractivity contribution >= 4 is 5.69 Å². The lowest BCUT2D eigenvalue weighted by Gasteiger charge is -2.19. The van der Waals surface area contributed by atoms with Crippen LogP contribution in [0.25, 0.3) is 0 Å². The molecule has 1 N–H and O–H groups in total. The molecule has 0 fully saturated rings. The third-order valence-corrected chi connectivity index (χ3v) is 4.66. The number of para-hydroxylation sites is 1. The number of hydrogen-bond donors (Lipinski definition) is 1. The normalized spacial score (nSPS) is 11.7. The molecule has 3 heteroatoms. The van der Waals surface area contributed by atoms with Crippen LogP contribution < -0.4 is 14.8 Å². The lowest BCUT2D eigenvalue weighted by atomic mass is 10.1. The van der Waals surface area contributed by atoms with Crippen LogP contribution in [0.5, 0.6) is 11.5 Å². The fraction of sp³-hybridized carbons (Fsp3) is 0.280. The Balaban J connectivity index is 1.48. The highest BCUT2D eigenvalue weighted by molar-refractivity contribution is 5.48. The Morgan fingerprint density at radius 1 is 0.857 bits per heavy atom. The van der Waals surface area contributed by atoms with E-state index in [1.165, 1.54) is 16.7 Å². The molecule has 3 rings (SSSR count). The third kappa shape index (κ3) is 5.78. The Kier molecular flexibility index (Phi) is 6.96. The Hall–Kier alpha value is -2.94. The molecule has 0 aromatic heterocycles. The van der Waals surface area contributed by atoms with E-state index >= 15 is 0 Å². The second-order valence-corrected chi connectivity index (χ2v) is 7.14. The third-order valence-electron chi connectivity index (χ3n) is 4.66. The molecule has 1 atom stereocenters. The van der Waals surface area contributed by atoms with E-state index in [0.29, 0.717) is 6.61 Å². The molecule has 3 aromatic carbocycles. The molecular formula is C25H29NO2. The highest BCUT2D eigenvalue weighted by atomic mass is 16.5. The summed E-state index contributed by atoms with van der Waals surface area (Å²) >= 11 is 0. The van der Waals surface area contributed by atoms with E-state index in [2.05, 4.69) is 74.6 Å². The Bertz CT molecular complexity index is 856. The van der Waals surface area contributed by atoms with Crippen LogP contribution in [0.3, 0.4) is 0 Å². The number of benzene rings is 3. The second-order valence-electron chi connectivity index (χ2n) is 7.14. The first kappa shape index (κ1) is 19.8. The van der Waals surface area contributed by atoms with Crippen LogP contribution in [0, 0.1) is 13.8 Å². The first-order chi connectivity index (χ1) is 13.6. The van der Waals surface area contributed by atoms with Gasteiger partial charge in [-0.25, -0.2) is 0 Å². The van der Waals surface area contributed by atoms with Crippen LogP contribution in [0.1, 0.15) is 23.6 Å². The minimum absolute atomic E-state index is 0.0578. The van der Waals surface area contributed by atoms with E-state index in [1.807, 2.05) is 24.3 Å². The fourth-order valence-corrected chi connectivity index (χ4v) is 3.12. The summed E-state index contributed by atoms with van der Waals surface area (Å²) in [6.07, 6.45) is 0.960. The molecule has 0 aliphatic heterocycles. The maximum Gasteiger partial charge on any atom is 0.125 e. The zero-order chi connectivity index (χ0) is 19.8. The minimum atomic E-state index is 0.0578. The van der Waals surface area contributed by atoms with Gasteiger partial charge in [-0.15, -0.1) is 0 Å². The van der Waals surface area contributed by atoms with Crippen molar-refractivity contribution in [1.29, 1.82) is 0 Å². The molecule has 0 heterocycles. The van der Waals surface area contributed by atoms with Gasteiger partial charge in [-0.1, -0.05) is 54.6 Å². The monoisotopic (exact) mass is 375 g/mol. The number of hydrogen-bond acceptors (Lipinski definition) is 3. The molecule has 0 amide bonds. The smallest absolute Gasteiger partial charge is 0.125 e. The molecule has 3 nitrogen and oxygen atoms in total. The minimum Gasteiger partial charge on any atom is -0.493 e. The highest BCUT2D eigenvalue weighted by Crippen LogP contribution is 2.24. The van der Waals surface area contributed by atoms with Gasteiger partial charge in [0.25, 0.3) is 0 Å². The lowest BCUT2D eigenvalue weighted by Crippen LogP contribution is -2.23. The van der Waals surface area contributed by atoms with Crippen molar-refractivity contribution in [1.82, 2.24) is 0 Å². The van der Waals surface area contributed by atoms with Crippen molar-refractivity contribution in [3.05, 3.63) is 89.5 Å². The van der Waals surface area contributed by atoms with Crippen LogP contribution in [-0.4, -0.2) is 19.3 Å². The summed E-state index contributed by atoms with van der Waals surface area (Å²) in [5.74, 6) is 1.86. The van der Waals surface area contributed by atoms with Crippen LogP contribution in [0.15, 0.2) is 72.8 Å². The molecule has 146 valence electrons. The number of ether oxygens (including phenoxy) is 2. The van der Waals surface area contributed by atoms with E-state index in [4.69, 9.17) is 9.47 Å². The summed E-state index contributed by atoms with van der Waals surface area (Å²) in [5.41, 5.74) is 4.66. The molecule has 28 heavy (non-hydrogen) atoms. The van der Waals surface area contributed by atoms with Crippen LogP contribution in [-0.2, 0) is 6.42 Å². The van der Waals surface area contributed by atoms with Gasteiger partial charge in [0.2, 0.25) is 0 Å². The molecule has 1 unspecified atom stereocenters. The molecule has 0 spiro atoms. The average molecular weight is 376 g/mol. The molecule has 0 aliphatic carbocycles. The van der Waals surface area contributed by atoms with E-state index < -0.39 is 0 Å². The van der Waals surface area contributed by atoms with Crippen LogP contribution in [0.4, 0.5) is 5.69 Å². The summed E-state index contributed by atoms with van der Waals surface area (Å²) in [7, 11) is 0. The van der Waals surface area contributed by atoms with E-state index in [0.717, 1.165) is 30.2 Å². The average Bonchev–Trinajstić information content (AvgIpc) is 2.70. The Morgan fingerprint density at radius 3 is 2.32 bits per heavy atom. The maximum atomic E-state index is 6.15. The molecule has 0 aliphatic rings. The maximum absolute atomic E-state index is 6.15. The number of rotatable bonds is 9. The lowest BCUT2D eigenvalue weighted by molar-refractivity contribution is 0.231. The fourth-order valence-electron chi connectivity index (χ4n) is 3.12. The summed E-state index contributed by atoms with van der Waals surface area (Å²) in [5, 5.41) is 3.45. The van der Waals surface area contributed by atoms with Gasteiger partial charge in [0, 0.05) is 18.2 Å². The Labute approximate surface area is 168 Å². The predicted molar refractivity (Wildman–Crippen MR) is 117 cm³/mol. The number of nitrogens with one attached hydrogen (secondary N) is 1. The van der Waals surface area contributed by atoms with Crippen molar-refractivity contribution in [3.8, 4) is 11.5 Å². The van der Waals surface area contributed by atoms with Gasteiger partial charge in [-0.05, 0) is 49.6 Å². The second kappa shape index (κ2) is 9.84. The van der Waals surface area contributed by atoms with Crippen molar-refractivity contribution in [3.63, 3.8) is 0 Å². The van der Waals surface area contributed by atoms with Crippen molar-refractivity contribution in [2.75, 3.05) is 18.5 Å². The quantitative estimate of drug-likeness (QED) is 0.512. The predicted octanol–water partition coefficient (Wildman–Crippen LogP) is 5.80. The molecule has 3 aromatic rings. The topological polar surface area (TPSA) is 30.5 Å². The van der Waals surface area contributed by atoms with Gasteiger partial charge in [0.1, 0.15) is 17.6 Å². The van der Waals surface area contributed by atoms with Gasteiger partial charge in [0.15, 0.2) is 0 Å². The largest absolute Gasteiger partial charge is 0.493 e. The highest BCUT2D eigenvalue weighted by Gasteiger charge is 2.09. The van der Waals surface area contributed by atoms with Gasteiger partial charge in [-0.2, -0.15) is 0 Å². The number of aryl methyl sites for hydroxylation is 2.